The molecule has 0 bridgehead atoms. The monoisotopic (exact) mass is 358 g/mol. The van der Waals surface area contributed by atoms with Gasteiger partial charge >= 0.3 is 0 Å². The second kappa shape index (κ2) is 11.0. The Labute approximate surface area is 136 Å². The van der Waals surface area contributed by atoms with Gasteiger partial charge in [-0.25, -0.2) is 0 Å². The minimum absolute atomic E-state index is 0.652. The first-order chi connectivity index (χ1) is 10.2. The standard InChI is InChI=1S/C16H27BrN2O2/c1-3-20-11-9-19(10-12-21-4-2)16-13-15(17)6-5-14(16)7-8-18/h5-6,13H,3-4,7-12,18H2,1-2H3. The smallest absolute Gasteiger partial charge is 0.0641 e. The lowest BCUT2D eigenvalue weighted by atomic mass is 10.1. The van der Waals surface area contributed by atoms with Gasteiger partial charge < -0.3 is 20.1 Å². The van der Waals surface area contributed by atoms with E-state index in [4.69, 9.17) is 15.2 Å². The predicted molar refractivity (Wildman–Crippen MR) is 92.1 cm³/mol. The van der Waals surface area contributed by atoms with Gasteiger partial charge in [-0.05, 0) is 44.5 Å². The average molecular weight is 359 g/mol. The molecular formula is C16H27BrN2O2. The molecule has 0 aliphatic heterocycles. The van der Waals surface area contributed by atoms with Gasteiger partial charge in [-0.3, -0.25) is 0 Å². The summed E-state index contributed by atoms with van der Waals surface area (Å²) in [6, 6.07) is 6.36. The van der Waals surface area contributed by atoms with E-state index in [2.05, 4.69) is 39.0 Å². The molecule has 0 atom stereocenters. The van der Waals surface area contributed by atoms with E-state index >= 15 is 0 Å². The molecular weight excluding hydrogens is 332 g/mol. The van der Waals surface area contributed by atoms with Crippen molar-refractivity contribution in [2.45, 2.75) is 20.3 Å². The van der Waals surface area contributed by atoms with Crippen molar-refractivity contribution < 1.29 is 9.47 Å². The van der Waals surface area contributed by atoms with E-state index in [0.29, 0.717) is 6.54 Å². The summed E-state index contributed by atoms with van der Waals surface area (Å²) in [5.41, 5.74) is 8.22. The summed E-state index contributed by atoms with van der Waals surface area (Å²) in [7, 11) is 0. The topological polar surface area (TPSA) is 47.7 Å². The van der Waals surface area contributed by atoms with Crippen molar-refractivity contribution in [3.63, 3.8) is 0 Å². The summed E-state index contributed by atoms with van der Waals surface area (Å²) < 4.78 is 12.1. The Kier molecular flexibility index (Phi) is 9.67. The summed E-state index contributed by atoms with van der Waals surface area (Å²) in [5.74, 6) is 0. The molecule has 1 aromatic rings. The van der Waals surface area contributed by atoms with Crippen LogP contribution in [0.3, 0.4) is 0 Å². The van der Waals surface area contributed by atoms with E-state index in [9.17, 15) is 0 Å². The number of hydrogen-bond acceptors (Lipinski definition) is 4. The lowest BCUT2D eigenvalue weighted by Gasteiger charge is -2.27. The fourth-order valence-electron chi connectivity index (χ4n) is 2.19. The summed E-state index contributed by atoms with van der Waals surface area (Å²) in [6.45, 7) is 9.32. The van der Waals surface area contributed by atoms with Crippen LogP contribution in [0.1, 0.15) is 19.4 Å². The fraction of sp³-hybridized carbons (Fsp3) is 0.625. The quantitative estimate of drug-likeness (QED) is 0.618. The molecule has 21 heavy (non-hydrogen) atoms. The summed E-state index contributed by atoms with van der Waals surface area (Å²) in [5, 5.41) is 0. The van der Waals surface area contributed by atoms with Crippen LogP contribution in [0.25, 0.3) is 0 Å². The molecule has 0 spiro atoms. The Morgan fingerprint density at radius 1 is 1.10 bits per heavy atom. The zero-order chi connectivity index (χ0) is 15.5. The second-order valence-electron chi connectivity index (χ2n) is 4.69. The van der Waals surface area contributed by atoms with Gasteiger partial charge in [-0.1, -0.05) is 22.0 Å². The SMILES string of the molecule is CCOCCN(CCOCC)c1cc(Br)ccc1CCN. The van der Waals surface area contributed by atoms with Gasteiger partial charge in [0.25, 0.3) is 0 Å². The van der Waals surface area contributed by atoms with Crippen LogP contribution in [0.4, 0.5) is 5.69 Å². The lowest BCUT2D eigenvalue weighted by Crippen LogP contribution is -2.32. The van der Waals surface area contributed by atoms with Crippen LogP contribution in [-0.4, -0.2) is 46.1 Å². The Balaban J connectivity index is 2.85. The van der Waals surface area contributed by atoms with Gasteiger partial charge in [0.2, 0.25) is 0 Å². The Hall–Kier alpha value is -0.620. The zero-order valence-corrected chi connectivity index (χ0v) is 14.7. The van der Waals surface area contributed by atoms with E-state index < -0.39 is 0 Å². The third-order valence-corrected chi connectivity index (χ3v) is 3.71. The molecule has 0 unspecified atom stereocenters. The van der Waals surface area contributed by atoms with Crippen LogP contribution in [0.15, 0.2) is 22.7 Å². The molecule has 0 aromatic heterocycles. The van der Waals surface area contributed by atoms with Crippen molar-refractivity contribution in [1.82, 2.24) is 0 Å². The highest BCUT2D eigenvalue weighted by Gasteiger charge is 2.12. The number of hydrogen-bond donors (Lipinski definition) is 1. The van der Waals surface area contributed by atoms with Crippen LogP contribution >= 0.6 is 15.9 Å². The van der Waals surface area contributed by atoms with Gasteiger partial charge in [0.1, 0.15) is 0 Å². The molecule has 1 rings (SSSR count). The molecule has 5 heteroatoms. The third kappa shape index (κ3) is 6.78. The van der Waals surface area contributed by atoms with Crippen molar-refractivity contribution in [3.8, 4) is 0 Å². The molecule has 2 N–H and O–H groups in total. The average Bonchev–Trinajstić information content (AvgIpc) is 2.48. The van der Waals surface area contributed by atoms with Crippen molar-refractivity contribution >= 4 is 21.6 Å². The van der Waals surface area contributed by atoms with Gasteiger partial charge in [0, 0.05) is 36.5 Å². The predicted octanol–water partition coefficient (Wildman–Crippen LogP) is 2.83. The number of halogens is 1. The highest BCUT2D eigenvalue weighted by molar-refractivity contribution is 9.10. The molecule has 0 fully saturated rings. The molecule has 120 valence electrons. The first-order valence-corrected chi connectivity index (χ1v) is 8.41. The summed E-state index contributed by atoms with van der Waals surface area (Å²) in [6.07, 6.45) is 0.877. The van der Waals surface area contributed by atoms with E-state index in [-0.39, 0.29) is 0 Å². The van der Waals surface area contributed by atoms with Crippen molar-refractivity contribution in [2.24, 2.45) is 5.73 Å². The number of nitrogens with zero attached hydrogens (tertiary/aromatic N) is 1. The summed E-state index contributed by atoms with van der Waals surface area (Å²) in [4.78, 5) is 2.32. The largest absolute Gasteiger partial charge is 0.380 e. The number of nitrogens with two attached hydrogens (primary N) is 1. The van der Waals surface area contributed by atoms with Gasteiger partial charge in [-0.15, -0.1) is 0 Å². The highest BCUT2D eigenvalue weighted by atomic mass is 79.9. The Morgan fingerprint density at radius 2 is 1.71 bits per heavy atom. The van der Waals surface area contributed by atoms with Gasteiger partial charge in [-0.2, -0.15) is 0 Å². The Bertz CT molecular complexity index is 392. The minimum atomic E-state index is 0.652. The maximum atomic E-state index is 5.73. The lowest BCUT2D eigenvalue weighted by molar-refractivity contribution is 0.141. The third-order valence-electron chi connectivity index (χ3n) is 3.22. The first-order valence-electron chi connectivity index (χ1n) is 7.61. The van der Waals surface area contributed by atoms with Gasteiger partial charge in [0.15, 0.2) is 0 Å². The van der Waals surface area contributed by atoms with E-state index in [1.54, 1.807) is 0 Å². The first kappa shape index (κ1) is 18.4. The maximum absolute atomic E-state index is 5.73. The number of anilines is 1. The van der Waals surface area contributed by atoms with Crippen molar-refractivity contribution in [1.29, 1.82) is 0 Å². The molecule has 0 aliphatic rings. The highest BCUT2D eigenvalue weighted by Crippen LogP contribution is 2.25. The van der Waals surface area contributed by atoms with Crippen LogP contribution < -0.4 is 10.6 Å². The van der Waals surface area contributed by atoms with Gasteiger partial charge in [0.05, 0.1) is 13.2 Å². The summed E-state index contributed by atoms with van der Waals surface area (Å²) >= 11 is 3.56. The minimum Gasteiger partial charge on any atom is -0.380 e. The molecule has 0 amide bonds. The fourth-order valence-corrected chi connectivity index (χ4v) is 2.54. The normalized spacial score (nSPS) is 10.9. The van der Waals surface area contributed by atoms with Crippen LogP contribution in [0.2, 0.25) is 0 Å². The van der Waals surface area contributed by atoms with E-state index in [1.165, 1.54) is 11.3 Å². The number of ether oxygens (including phenoxy) is 2. The molecule has 0 saturated carbocycles. The van der Waals surface area contributed by atoms with E-state index in [1.807, 2.05) is 13.8 Å². The zero-order valence-electron chi connectivity index (χ0n) is 13.1. The molecule has 0 aliphatic carbocycles. The molecule has 4 nitrogen and oxygen atoms in total. The van der Waals surface area contributed by atoms with Crippen LogP contribution in [0.5, 0.6) is 0 Å². The van der Waals surface area contributed by atoms with E-state index in [0.717, 1.165) is 50.4 Å². The number of rotatable bonds is 11. The Morgan fingerprint density at radius 3 is 2.24 bits per heavy atom. The number of benzene rings is 1. The van der Waals surface area contributed by atoms with Crippen LogP contribution in [-0.2, 0) is 15.9 Å². The maximum Gasteiger partial charge on any atom is 0.0641 e. The van der Waals surface area contributed by atoms with Crippen molar-refractivity contribution in [3.05, 3.63) is 28.2 Å². The molecule has 0 radical (unpaired) electrons. The second-order valence-corrected chi connectivity index (χ2v) is 5.61. The molecule has 1 aromatic carbocycles. The molecule has 0 heterocycles. The molecule has 0 saturated heterocycles. The van der Waals surface area contributed by atoms with Crippen LogP contribution in [0, 0.1) is 0 Å². The van der Waals surface area contributed by atoms with Crippen molar-refractivity contribution in [2.75, 3.05) is 51.0 Å².